The smallest absolute Gasteiger partial charge is 0.293 e. The van der Waals surface area contributed by atoms with Crippen LogP contribution in [-0.2, 0) is 6.54 Å². The molecule has 1 saturated carbocycles. The number of hydrogen-bond acceptors (Lipinski definition) is 6. The summed E-state index contributed by atoms with van der Waals surface area (Å²) in [6.45, 7) is 1.41. The number of nitrogens with zero attached hydrogens (tertiary/aromatic N) is 1. The molecule has 0 aromatic heterocycles. The van der Waals surface area contributed by atoms with E-state index in [0.29, 0.717) is 42.5 Å². The van der Waals surface area contributed by atoms with Gasteiger partial charge in [0.15, 0.2) is 11.5 Å². The molecule has 0 spiro atoms. The first kappa shape index (κ1) is 17.1. The third kappa shape index (κ3) is 3.94. The van der Waals surface area contributed by atoms with E-state index in [1.165, 1.54) is 6.07 Å². The van der Waals surface area contributed by atoms with Gasteiger partial charge in [-0.25, -0.2) is 0 Å². The molecular formula is C19H19N3O5. The van der Waals surface area contributed by atoms with Crippen LogP contribution >= 0.6 is 0 Å². The minimum Gasteiger partial charge on any atom is -0.486 e. The lowest BCUT2D eigenvalue weighted by Gasteiger charge is -2.19. The molecule has 4 rings (SSSR count). The highest BCUT2D eigenvalue weighted by atomic mass is 16.6. The van der Waals surface area contributed by atoms with E-state index in [2.05, 4.69) is 10.6 Å². The number of anilines is 1. The third-order valence-electron chi connectivity index (χ3n) is 4.46. The number of carbonyl (C=O) groups is 1. The lowest BCUT2D eigenvalue weighted by Crippen LogP contribution is -2.25. The summed E-state index contributed by atoms with van der Waals surface area (Å²) < 4.78 is 11.0. The molecule has 1 aliphatic heterocycles. The molecule has 0 bridgehead atoms. The number of hydrogen-bond donors (Lipinski definition) is 2. The second kappa shape index (κ2) is 7.14. The van der Waals surface area contributed by atoms with Crippen LogP contribution in [0.25, 0.3) is 0 Å². The molecule has 2 N–H and O–H groups in total. The van der Waals surface area contributed by atoms with Gasteiger partial charge < -0.3 is 20.1 Å². The summed E-state index contributed by atoms with van der Waals surface area (Å²) in [5.74, 6) is 1.09. The number of nitro groups is 1. The number of fused-ring (bicyclic) bond motifs is 1. The third-order valence-corrected chi connectivity index (χ3v) is 4.46. The van der Waals surface area contributed by atoms with Crippen LogP contribution in [0.1, 0.15) is 28.8 Å². The van der Waals surface area contributed by atoms with E-state index in [1.54, 1.807) is 12.1 Å². The van der Waals surface area contributed by atoms with Crippen LogP contribution in [0.2, 0.25) is 0 Å². The highest BCUT2D eigenvalue weighted by Gasteiger charge is 2.25. The van der Waals surface area contributed by atoms with Gasteiger partial charge in [-0.05, 0) is 42.7 Å². The first-order valence-electron chi connectivity index (χ1n) is 8.82. The molecule has 0 unspecified atom stereocenters. The van der Waals surface area contributed by atoms with E-state index in [4.69, 9.17) is 9.47 Å². The van der Waals surface area contributed by atoms with Gasteiger partial charge in [-0.15, -0.1) is 0 Å². The Morgan fingerprint density at radius 3 is 2.63 bits per heavy atom. The van der Waals surface area contributed by atoms with Crippen LogP contribution in [0, 0.1) is 10.1 Å². The van der Waals surface area contributed by atoms with E-state index in [-0.39, 0.29) is 17.6 Å². The fraction of sp³-hybridized carbons (Fsp3) is 0.316. The van der Waals surface area contributed by atoms with Gasteiger partial charge in [-0.3, -0.25) is 14.9 Å². The average molecular weight is 369 g/mol. The monoisotopic (exact) mass is 369 g/mol. The molecule has 27 heavy (non-hydrogen) atoms. The molecule has 1 fully saturated rings. The van der Waals surface area contributed by atoms with E-state index >= 15 is 0 Å². The highest BCUT2D eigenvalue weighted by molar-refractivity contribution is 5.96. The topological polar surface area (TPSA) is 103 Å². The summed E-state index contributed by atoms with van der Waals surface area (Å²) in [4.78, 5) is 23.1. The Kier molecular flexibility index (Phi) is 4.53. The minimum atomic E-state index is -0.486. The van der Waals surface area contributed by atoms with E-state index < -0.39 is 4.92 Å². The Labute approximate surface area is 155 Å². The van der Waals surface area contributed by atoms with Crippen molar-refractivity contribution in [1.82, 2.24) is 5.32 Å². The number of rotatable bonds is 6. The van der Waals surface area contributed by atoms with E-state index in [9.17, 15) is 14.9 Å². The molecule has 1 amide bonds. The lowest BCUT2D eigenvalue weighted by atomic mass is 10.1. The Morgan fingerprint density at radius 1 is 1.11 bits per heavy atom. The number of benzene rings is 2. The van der Waals surface area contributed by atoms with Crippen molar-refractivity contribution < 1.29 is 19.2 Å². The van der Waals surface area contributed by atoms with Crippen molar-refractivity contribution in [1.29, 1.82) is 0 Å². The van der Waals surface area contributed by atoms with Gasteiger partial charge in [0.25, 0.3) is 11.6 Å². The van der Waals surface area contributed by atoms with Gasteiger partial charge in [-0.1, -0.05) is 6.07 Å². The highest BCUT2D eigenvalue weighted by Crippen LogP contribution is 2.32. The molecule has 8 nitrogen and oxygen atoms in total. The first-order valence-corrected chi connectivity index (χ1v) is 8.82. The molecule has 2 aromatic carbocycles. The summed E-state index contributed by atoms with van der Waals surface area (Å²) in [7, 11) is 0. The molecule has 1 aliphatic carbocycles. The van der Waals surface area contributed by atoms with Gasteiger partial charge in [-0.2, -0.15) is 0 Å². The Balaban J connectivity index is 1.49. The predicted octanol–water partition coefficient (Wildman–Crippen LogP) is 2.87. The van der Waals surface area contributed by atoms with E-state index in [0.717, 1.165) is 18.4 Å². The van der Waals surface area contributed by atoms with Crippen LogP contribution in [0.3, 0.4) is 0 Å². The Morgan fingerprint density at radius 2 is 1.89 bits per heavy atom. The van der Waals surface area contributed by atoms with Gasteiger partial charge in [0.2, 0.25) is 0 Å². The van der Waals surface area contributed by atoms with Crippen LogP contribution in [0.4, 0.5) is 11.4 Å². The lowest BCUT2D eigenvalue weighted by molar-refractivity contribution is -0.384. The van der Waals surface area contributed by atoms with Crippen molar-refractivity contribution in [3.8, 4) is 11.5 Å². The molecular weight excluding hydrogens is 350 g/mol. The fourth-order valence-corrected chi connectivity index (χ4v) is 2.86. The summed E-state index contributed by atoms with van der Waals surface area (Å²) in [5.41, 5.74) is 1.43. The molecule has 2 aliphatic rings. The number of carbonyl (C=O) groups excluding carboxylic acids is 1. The fourth-order valence-electron chi connectivity index (χ4n) is 2.86. The SMILES string of the molecule is O=C(NC1CC1)c1ccc(NCc2ccc3c(c2)OCCO3)c([N+](=O)[O-])c1. The largest absolute Gasteiger partial charge is 0.486 e. The molecule has 140 valence electrons. The van der Waals surface area contributed by atoms with Crippen LogP contribution in [0.15, 0.2) is 36.4 Å². The maximum Gasteiger partial charge on any atom is 0.293 e. The summed E-state index contributed by atoms with van der Waals surface area (Å²) >= 11 is 0. The van der Waals surface area contributed by atoms with Gasteiger partial charge in [0.1, 0.15) is 18.9 Å². The van der Waals surface area contributed by atoms with Crippen LogP contribution in [-0.4, -0.2) is 30.1 Å². The second-order valence-corrected chi connectivity index (χ2v) is 6.57. The maximum absolute atomic E-state index is 12.1. The maximum atomic E-state index is 12.1. The zero-order valence-electron chi connectivity index (χ0n) is 14.6. The van der Waals surface area contributed by atoms with Crippen molar-refractivity contribution in [2.45, 2.75) is 25.4 Å². The van der Waals surface area contributed by atoms with Gasteiger partial charge in [0, 0.05) is 24.2 Å². The quantitative estimate of drug-likeness (QED) is 0.600. The zero-order valence-corrected chi connectivity index (χ0v) is 14.6. The molecule has 0 radical (unpaired) electrons. The summed E-state index contributed by atoms with van der Waals surface area (Å²) in [6.07, 6.45) is 1.92. The van der Waals surface area contributed by atoms with Gasteiger partial charge in [0.05, 0.1) is 4.92 Å². The standard InChI is InChI=1S/C19H19N3O5/c23-19(21-14-3-4-14)13-2-5-15(16(10-13)22(24)25)20-11-12-1-6-17-18(9-12)27-8-7-26-17/h1-2,5-6,9-10,14,20H,3-4,7-8,11H2,(H,21,23). The van der Waals surface area contributed by atoms with Crippen molar-refractivity contribution in [2.24, 2.45) is 0 Å². The molecule has 0 saturated heterocycles. The van der Waals surface area contributed by atoms with Crippen molar-refractivity contribution in [3.05, 3.63) is 57.6 Å². The summed E-state index contributed by atoms with van der Waals surface area (Å²) in [6, 6.07) is 10.2. The Bertz CT molecular complexity index is 895. The van der Waals surface area contributed by atoms with Crippen LogP contribution < -0.4 is 20.1 Å². The number of nitrogens with one attached hydrogen (secondary N) is 2. The normalized spacial score (nSPS) is 15.1. The van der Waals surface area contributed by atoms with Crippen molar-refractivity contribution in [2.75, 3.05) is 18.5 Å². The summed E-state index contributed by atoms with van der Waals surface area (Å²) in [5, 5.41) is 17.3. The number of nitro benzene ring substituents is 1. The number of ether oxygens (including phenoxy) is 2. The van der Waals surface area contributed by atoms with Crippen molar-refractivity contribution in [3.63, 3.8) is 0 Å². The molecule has 1 heterocycles. The second-order valence-electron chi connectivity index (χ2n) is 6.57. The molecule has 2 aromatic rings. The zero-order chi connectivity index (χ0) is 18.8. The van der Waals surface area contributed by atoms with Gasteiger partial charge >= 0.3 is 0 Å². The minimum absolute atomic E-state index is 0.129. The van der Waals surface area contributed by atoms with Crippen LogP contribution in [0.5, 0.6) is 11.5 Å². The Hall–Kier alpha value is -3.29. The number of amides is 1. The average Bonchev–Trinajstić information content (AvgIpc) is 3.50. The van der Waals surface area contributed by atoms with Crippen molar-refractivity contribution >= 4 is 17.3 Å². The molecule has 8 heteroatoms. The van der Waals surface area contributed by atoms with E-state index in [1.807, 2.05) is 18.2 Å². The predicted molar refractivity (Wildman–Crippen MR) is 98.3 cm³/mol. The first-order chi connectivity index (χ1) is 13.1. The molecule has 0 atom stereocenters.